The normalized spacial score (nSPS) is 23.1. The van der Waals surface area contributed by atoms with Gasteiger partial charge < -0.3 is 10.2 Å². The third-order valence-corrected chi connectivity index (χ3v) is 6.08. The van der Waals surface area contributed by atoms with Crippen LogP contribution in [0.2, 0.25) is 0 Å². The molecule has 2 aliphatic heterocycles. The van der Waals surface area contributed by atoms with Crippen LogP contribution < -0.4 is 10.0 Å². The second-order valence-corrected chi connectivity index (χ2v) is 7.90. The van der Waals surface area contributed by atoms with E-state index in [1.807, 2.05) is 4.90 Å². The Morgan fingerprint density at radius 3 is 2.43 bits per heavy atom. The molecule has 0 aromatic heterocycles. The molecule has 0 spiro atoms. The van der Waals surface area contributed by atoms with Crippen molar-refractivity contribution in [3.05, 3.63) is 30.3 Å². The molecule has 0 aliphatic carbocycles. The Bertz CT molecular complexity index is 634. The molecule has 0 radical (unpaired) electrons. The van der Waals surface area contributed by atoms with Crippen LogP contribution in [0, 0.1) is 0 Å². The van der Waals surface area contributed by atoms with E-state index in [0.29, 0.717) is 25.9 Å². The quantitative estimate of drug-likeness (QED) is 0.848. The Hall–Kier alpha value is -1.44. The number of likely N-dealkylation sites (tertiary alicyclic amines) is 1. The van der Waals surface area contributed by atoms with Crippen LogP contribution in [0.25, 0.3) is 0 Å². The van der Waals surface area contributed by atoms with Gasteiger partial charge in [-0.2, -0.15) is 0 Å². The maximum atomic E-state index is 12.3. The Balaban J connectivity index is 1.54. The highest BCUT2D eigenvalue weighted by Gasteiger charge is 2.31. The lowest BCUT2D eigenvalue weighted by atomic mass is 10.0. The molecule has 0 saturated carbocycles. The summed E-state index contributed by atoms with van der Waals surface area (Å²) in [6.07, 6.45) is 3.26. The van der Waals surface area contributed by atoms with E-state index in [9.17, 15) is 13.2 Å². The third-order valence-electron chi connectivity index (χ3n) is 4.54. The number of hydrogen-bond acceptors (Lipinski definition) is 4. The predicted octanol–water partition coefficient (Wildman–Crippen LogP) is 0.708. The lowest BCUT2D eigenvalue weighted by Crippen LogP contribution is -2.50. The van der Waals surface area contributed by atoms with Crippen molar-refractivity contribution >= 4 is 15.9 Å². The number of piperidine rings is 1. The maximum absolute atomic E-state index is 12.3. The average Bonchev–Trinajstić information content (AvgIpc) is 3.10. The van der Waals surface area contributed by atoms with E-state index in [-0.39, 0.29) is 22.9 Å². The Morgan fingerprint density at radius 1 is 1.13 bits per heavy atom. The fourth-order valence-electron chi connectivity index (χ4n) is 3.22. The summed E-state index contributed by atoms with van der Waals surface area (Å²) in [5.74, 6) is 0.159. The number of nitrogens with one attached hydrogen (secondary N) is 2. The van der Waals surface area contributed by atoms with Crippen LogP contribution in [-0.2, 0) is 14.8 Å². The summed E-state index contributed by atoms with van der Waals surface area (Å²) in [5.41, 5.74) is 0. The zero-order valence-electron chi connectivity index (χ0n) is 13.1. The van der Waals surface area contributed by atoms with Crippen LogP contribution in [0.5, 0.6) is 0 Å². The van der Waals surface area contributed by atoms with Crippen LogP contribution >= 0.6 is 0 Å². The molecule has 2 fully saturated rings. The number of carbonyl (C=O) groups is 1. The number of nitrogens with zero attached hydrogens (tertiary/aromatic N) is 1. The van der Waals surface area contributed by atoms with Crippen molar-refractivity contribution in [2.24, 2.45) is 0 Å². The van der Waals surface area contributed by atoms with Gasteiger partial charge in [-0.25, -0.2) is 13.1 Å². The molecule has 1 atom stereocenters. The molecule has 1 aromatic rings. The topological polar surface area (TPSA) is 78.5 Å². The number of rotatable bonds is 4. The van der Waals surface area contributed by atoms with Crippen molar-refractivity contribution in [2.75, 3.05) is 19.6 Å². The van der Waals surface area contributed by atoms with E-state index in [4.69, 9.17) is 0 Å². The minimum Gasteiger partial charge on any atom is -0.341 e. The molecule has 2 aliphatic rings. The Kier molecular flexibility index (Phi) is 4.99. The van der Waals surface area contributed by atoms with Gasteiger partial charge >= 0.3 is 0 Å². The van der Waals surface area contributed by atoms with Gasteiger partial charge in [-0.1, -0.05) is 18.2 Å². The van der Waals surface area contributed by atoms with Gasteiger partial charge in [0, 0.05) is 19.1 Å². The smallest absolute Gasteiger partial charge is 0.240 e. The van der Waals surface area contributed by atoms with Crippen LogP contribution in [0.15, 0.2) is 35.2 Å². The summed E-state index contributed by atoms with van der Waals surface area (Å²) in [4.78, 5) is 14.5. The van der Waals surface area contributed by atoms with Gasteiger partial charge in [-0.05, 0) is 44.4 Å². The van der Waals surface area contributed by atoms with Crippen molar-refractivity contribution in [3.8, 4) is 0 Å². The molecule has 126 valence electrons. The van der Waals surface area contributed by atoms with Crippen molar-refractivity contribution in [3.63, 3.8) is 0 Å². The number of amides is 1. The summed E-state index contributed by atoms with van der Waals surface area (Å²) in [6, 6.07) is 8.24. The van der Waals surface area contributed by atoms with Gasteiger partial charge in [0.25, 0.3) is 0 Å². The van der Waals surface area contributed by atoms with E-state index < -0.39 is 10.0 Å². The third kappa shape index (κ3) is 3.91. The number of hydrogen-bond donors (Lipinski definition) is 2. The number of sulfonamides is 1. The molecule has 23 heavy (non-hydrogen) atoms. The fraction of sp³-hybridized carbons (Fsp3) is 0.562. The molecular formula is C16H23N3O3S. The van der Waals surface area contributed by atoms with Gasteiger partial charge in [0.05, 0.1) is 10.9 Å². The molecule has 2 saturated heterocycles. The molecule has 1 amide bonds. The SMILES string of the molecule is O=C(C1CCCN1)N1CCC(NS(=O)(=O)c2ccccc2)CC1. The van der Waals surface area contributed by atoms with Crippen molar-refractivity contribution in [1.82, 2.24) is 14.9 Å². The molecule has 6 nitrogen and oxygen atoms in total. The van der Waals surface area contributed by atoms with Crippen LogP contribution in [-0.4, -0.2) is 50.9 Å². The van der Waals surface area contributed by atoms with Gasteiger partial charge in [-0.15, -0.1) is 0 Å². The summed E-state index contributed by atoms with van der Waals surface area (Å²) in [7, 11) is -3.48. The number of carbonyl (C=O) groups excluding carboxylic acids is 1. The second kappa shape index (κ2) is 6.98. The molecule has 2 N–H and O–H groups in total. The molecule has 2 heterocycles. The Morgan fingerprint density at radius 2 is 1.83 bits per heavy atom. The van der Waals surface area contributed by atoms with Crippen LogP contribution in [0.3, 0.4) is 0 Å². The first kappa shape index (κ1) is 16.4. The molecule has 1 unspecified atom stereocenters. The minimum atomic E-state index is -3.48. The summed E-state index contributed by atoms with van der Waals surface area (Å²) in [6.45, 7) is 2.13. The minimum absolute atomic E-state index is 0.0486. The standard InChI is InChI=1S/C16H23N3O3S/c20-16(15-7-4-10-17-15)19-11-8-13(9-12-19)18-23(21,22)14-5-2-1-3-6-14/h1-3,5-6,13,15,17-18H,4,7-12H2. The van der Waals surface area contributed by atoms with E-state index in [2.05, 4.69) is 10.0 Å². The van der Waals surface area contributed by atoms with Gasteiger partial charge in [0.15, 0.2) is 0 Å². The highest BCUT2D eigenvalue weighted by atomic mass is 32.2. The highest BCUT2D eigenvalue weighted by molar-refractivity contribution is 7.89. The first-order valence-corrected chi connectivity index (χ1v) is 9.64. The first-order valence-electron chi connectivity index (χ1n) is 8.16. The molecule has 0 bridgehead atoms. The summed E-state index contributed by atoms with van der Waals surface area (Å²) < 4.78 is 27.4. The summed E-state index contributed by atoms with van der Waals surface area (Å²) >= 11 is 0. The maximum Gasteiger partial charge on any atom is 0.240 e. The van der Waals surface area contributed by atoms with E-state index in [1.165, 1.54) is 0 Å². The van der Waals surface area contributed by atoms with Crippen molar-refractivity contribution < 1.29 is 13.2 Å². The largest absolute Gasteiger partial charge is 0.341 e. The monoisotopic (exact) mass is 337 g/mol. The van der Waals surface area contributed by atoms with E-state index >= 15 is 0 Å². The average molecular weight is 337 g/mol. The van der Waals surface area contributed by atoms with Crippen LogP contribution in [0.1, 0.15) is 25.7 Å². The number of benzene rings is 1. The fourth-order valence-corrected chi connectivity index (χ4v) is 4.55. The highest BCUT2D eigenvalue weighted by Crippen LogP contribution is 2.17. The second-order valence-electron chi connectivity index (χ2n) is 6.18. The Labute approximate surface area is 137 Å². The van der Waals surface area contributed by atoms with Gasteiger partial charge in [0.1, 0.15) is 0 Å². The summed E-state index contributed by atoms with van der Waals surface area (Å²) in [5, 5.41) is 3.22. The zero-order valence-corrected chi connectivity index (χ0v) is 13.9. The lowest BCUT2D eigenvalue weighted by Gasteiger charge is -2.33. The van der Waals surface area contributed by atoms with Gasteiger partial charge in [-0.3, -0.25) is 4.79 Å². The van der Waals surface area contributed by atoms with E-state index in [1.54, 1.807) is 30.3 Å². The first-order chi connectivity index (χ1) is 11.1. The molecular weight excluding hydrogens is 314 g/mol. The lowest BCUT2D eigenvalue weighted by molar-refractivity contribution is -0.134. The van der Waals surface area contributed by atoms with Crippen molar-refractivity contribution in [2.45, 2.75) is 42.7 Å². The zero-order chi connectivity index (χ0) is 16.3. The predicted molar refractivity (Wildman–Crippen MR) is 87.4 cm³/mol. The van der Waals surface area contributed by atoms with Crippen molar-refractivity contribution in [1.29, 1.82) is 0 Å². The molecule has 1 aromatic carbocycles. The van der Waals surface area contributed by atoms with E-state index in [0.717, 1.165) is 19.4 Å². The molecule has 7 heteroatoms. The van der Waals surface area contributed by atoms with Crippen LogP contribution in [0.4, 0.5) is 0 Å². The van der Waals surface area contributed by atoms with Gasteiger partial charge in [0.2, 0.25) is 15.9 Å². The molecule has 3 rings (SSSR count).